The van der Waals surface area contributed by atoms with Crippen LogP contribution in [0.3, 0.4) is 0 Å². The zero-order valence-electron chi connectivity index (χ0n) is 11.5. The molecule has 1 aromatic heterocycles. The molecule has 1 aromatic rings. The molecule has 0 aliphatic heterocycles. The average Bonchev–Trinajstić information content (AvgIpc) is 2.48. The van der Waals surface area contributed by atoms with Gasteiger partial charge in [-0.15, -0.1) is 0 Å². The van der Waals surface area contributed by atoms with Crippen molar-refractivity contribution >= 4 is 5.91 Å². The molecule has 1 atom stereocenters. The number of rotatable bonds is 4. The standard InChI is InChI=1S/C15H23N3O/c1-11(14-3-2-8-17-10-14)18-15(19)13-6-4-12(9-16)5-7-13/h2-3,8,10-13H,4-7,9,16H2,1H3,(H,18,19)/t11-,12?,13?/m1/s1. The fourth-order valence-corrected chi connectivity index (χ4v) is 2.71. The Morgan fingerprint density at radius 3 is 2.79 bits per heavy atom. The van der Waals surface area contributed by atoms with Crippen LogP contribution < -0.4 is 11.1 Å². The molecule has 4 nitrogen and oxygen atoms in total. The summed E-state index contributed by atoms with van der Waals surface area (Å²) in [6.07, 6.45) is 7.63. The van der Waals surface area contributed by atoms with E-state index in [9.17, 15) is 4.79 Å². The number of nitrogens with zero attached hydrogens (tertiary/aromatic N) is 1. The first kappa shape index (κ1) is 14.0. The Hall–Kier alpha value is -1.42. The van der Waals surface area contributed by atoms with Crippen molar-refractivity contribution in [3.05, 3.63) is 30.1 Å². The number of nitrogens with one attached hydrogen (secondary N) is 1. The van der Waals surface area contributed by atoms with Crippen molar-refractivity contribution in [1.82, 2.24) is 10.3 Å². The molecule has 1 aliphatic rings. The van der Waals surface area contributed by atoms with Gasteiger partial charge in [0.25, 0.3) is 0 Å². The van der Waals surface area contributed by atoms with Gasteiger partial charge in [0.2, 0.25) is 5.91 Å². The second-order valence-corrected chi connectivity index (χ2v) is 5.47. The van der Waals surface area contributed by atoms with Crippen LogP contribution in [-0.2, 0) is 4.79 Å². The molecular formula is C15H23N3O. The van der Waals surface area contributed by atoms with Crippen molar-refractivity contribution in [2.45, 2.75) is 38.6 Å². The van der Waals surface area contributed by atoms with Gasteiger partial charge in [-0.1, -0.05) is 6.07 Å². The summed E-state index contributed by atoms with van der Waals surface area (Å²) >= 11 is 0. The average molecular weight is 261 g/mol. The minimum atomic E-state index is 0.0217. The number of aromatic nitrogens is 1. The molecule has 1 aliphatic carbocycles. The summed E-state index contributed by atoms with van der Waals surface area (Å²) in [5, 5.41) is 3.09. The third-order valence-electron chi connectivity index (χ3n) is 4.09. The monoisotopic (exact) mass is 261 g/mol. The van der Waals surface area contributed by atoms with E-state index in [0.717, 1.165) is 37.8 Å². The zero-order chi connectivity index (χ0) is 13.7. The molecule has 1 saturated carbocycles. The molecule has 1 heterocycles. The summed E-state index contributed by atoms with van der Waals surface area (Å²) in [6, 6.07) is 3.90. The van der Waals surface area contributed by atoms with Gasteiger partial charge in [0.1, 0.15) is 0 Å². The van der Waals surface area contributed by atoms with Crippen LogP contribution in [0.15, 0.2) is 24.5 Å². The Kier molecular flexibility index (Phi) is 4.91. The molecule has 1 fully saturated rings. The van der Waals surface area contributed by atoms with Gasteiger partial charge in [0.15, 0.2) is 0 Å². The van der Waals surface area contributed by atoms with Gasteiger partial charge < -0.3 is 11.1 Å². The number of pyridine rings is 1. The van der Waals surface area contributed by atoms with Gasteiger partial charge in [-0.25, -0.2) is 0 Å². The van der Waals surface area contributed by atoms with Crippen molar-refractivity contribution in [3.63, 3.8) is 0 Å². The highest BCUT2D eigenvalue weighted by Gasteiger charge is 2.26. The van der Waals surface area contributed by atoms with E-state index < -0.39 is 0 Å². The maximum atomic E-state index is 12.2. The molecule has 3 N–H and O–H groups in total. The molecule has 4 heteroatoms. The lowest BCUT2D eigenvalue weighted by Crippen LogP contribution is -2.35. The van der Waals surface area contributed by atoms with E-state index in [1.807, 2.05) is 19.1 Å². The summed E-state index contributed by atoms with van der Waals surface area (Å²) < 4.78 is 0. The van der Waals surface area contributed by atoms with E-state index in [4.69, 9.17) is 5.73 Å². The van der Waals surface area contributed by atoms with Crippen molar-refractivity contribution in [3.8, 4) is 0 Å². The smallest absolute Gasteiger partial charge is 0.223 e. The normalized spacial score (nSPS) is 24.7. The Morgan fingerprint density at radius 1 is 1.47 bits per heavy atom. The van der Waals surface area contributed by atoms with E-state index in [1.165, 1.54) is 0 Å². The maximum absolute atomic E-state index is 12.2. The highest BCUT2D eigenvalue weighted by molar-refractivity contribution is 5.79. The summed E-state index contributed by atoms with van der Waals surface area (Å²) in [4.78, 5) is 16.3. The van der Waals surface area contributed by atoms with Gasteiger partial charge in [-0.3, -0.25) is 9.78 Å². The Balaban J connectivity index is 1.84. The first-order valence-corrected chi connectivity index (χ1v) is 7.11. The highest BCUT2D eigenvalue weighted by atomic mass is 16.1. The molecule has 19 heavy (non-hydrogen) atoms. The molecule has 0 saturated heterocycles. The number of carbonyl (C=O) groups excluding carboxylic acids is 1. The van der Waals surface area contributed by atoms with Crippen molar-refractivity contribution < 1.29 is 4.79 Å². The summed E-state index contributed by atoms with van der Waals surface area (Å²) in [6.45, 7) is 2.75. The molecule has 2 rings (SSSR count). The van der Waals surface area contributed by atoms with E-state index >= 15 is 0 Å². The lowest BCUT2D eigenvalue weighted by atomic mass is 9.81. The maximum Gasteiger partial charge on any atom is 0.223 e. The van der Waals surface area contributed by atoms with Gasteiger partial charge in [-0.2, -0.15) is 0 Å². The Bertz CT molecular complexity index is 399. The van der Waals surface area contributed by atoms with Crippen LogP contribution in [0, 0.1) is 11.8 Å². The summed E-state index contributed by atoms with van der Waals surface area (Å²) in [5.41, 5.74) is 6.72. The van der Waals surface area contributed by atoms with Crippen molar-refractivity contribution in [2.75, 3.05) is 6.54 Å². The van der Waals surface area contributed by atoms with Crippen LogP contribution in [0.4, 0.5) is 0 Å². The van der Waals surface area contributed by atoms with Gasteiger partial charge in [-0.05, 0) is 56.7 Å². The Labute approximate surface area is 114 Å². The van der Waals surface area contributed by atoms with Crippen LogP contribution in [-0.4, -0.2) is 17.4 Å². The van der Waals surface area contributed by atoms with Gasteiger partial charge in [0, 0.05) is 18.3 Å². The van der Waals surface area contributed by atoms with Crippen LogP contribution in [0.5, 0.6) is 0 Å². The fourth-order valence-electron chi connectivity index (χ4n) is 2.71. The first-order valence-electron chi connectivity index (χ1n) is 7.11. The second-order valence-electron chi connectivity index (χ2n) is 5.47. The summed E-state index contributed by atoms with van der Waals surface area (Å²) in [7, 11) is 0. The van der Waals surface area contributed by atoms with Crippen molar-refractivity contribution in [2.24, 2.45) is 17.6 Å². The van der Waals surface area contributed by atoms with E-state index in [2.05, 4.69) is 10.3 Å². The zero-order valence-corrected chi connectivity index (χ0v) is 11.5. The van der Waals surface area contributed by atoms with Crippen LogP contribution in [0.2, 0.25) is 0 Å². The number of nitrogens with two attached hydrogens (primary N) is 1. The van der Waals surface area contributed by atoms with Crippen LogP contribution in [0.25, 0.3) is 0 Å². The summed E-state index contributed by atoms with van der Waals surface area (Å²) in [5.74, 6) is 0.938. The fraction of sp³-hybridized carbons (Fsp3) is 0.600. The predicted octanol–water partition coefficient (Wildman–Crippen LogP) is 2.02. The lowest BCUT2D eigenvalue weighted by molar-refractivity contribution is -0.126. The molecule has 1 amide bonds. The Morgan fingerprint density at radius 2 is 2.21 bits per heavy atom. The van der Waals surface area contributed by atoms with Crippen LogP contribution in [0.1, 0.15) is 44.2 Å². The second kappa shape index (κ2) is 6.66. The molecule has 0 unspecified atom stereocenters. The molecule has 0 spiro atoms. The van der Waals surface area contributed by atoms with Gasteiger partial charge in [0.05, 0.1) is 6.04 Å². The SMILES string of the molecule is C[C@@H](NC(=O)C1CCC(CN)CC1)c1cccnc1. The van der Waals surface area contributed by atoms with E-state index in [0.29, 0.717) is 5.92 Å². The molecule has 0 bridgehead atoms. The van der Waals surface area contributed by atoms with E-state index in [-0.39, 0.29) is 17.9 Å². The number of amides is 1. The topological polar surface area (TPSA) is 68.0 Å². The minimum Gasteiger partial charge on any atom is -0.349 e. The largest absolute Gasteiger partial charge is 0.349 e. The molecule has 0 aromatic carbocycles. The van der Waals surface area contributed by atoms with E-state index in [1.54, 1.807) is 12.4 Å². The molecule has 104 valence electrons. The van der Waals surface area contributed by atoms with Crippen LogP contribution >= 0.6 is 0 Å². The first-order chi connectivity index (χ1) is 9.20. The third kappa shape index (κ3) is 3.77. The molecular weight excluding hydrogens is 238 g/mol. The minimum absolute atomic E-state index is 0.0217. The number of hydrogen-bond donors (Lipinski definition) is 2. The lowest BCUT2D eigenvalue weighted by Gasteiger charge is -2.27. The predicted molar refractivity (Wildman–Crippen MR) is 75.3 cm³/mol. The molecule has 0 radical (unpaired) electrons. The number of carbonyl (C=O) groups is 1. The highest BCUT2D eigenvalue weighted by Crippen LogP contribution is 2.28. The number of hydrogen-bond acceptors (Lipinski definition) is 3. The third-order valence-corrected chi connectivity index (χ3v) is 4.09. The quantitative estimate of drug-likeness (QED) is 0.871. The van der Waals surface area contributed by atoms with Crippen molar-refractivity contribution in [1.29, 1.82) is 0 Å². The van der Waals surface area contributed by atoms with Gasteiger partial charge >= 0.3 is 0 Å².